The number of hydrogen-bond donors (Lipinski definition) is 1. The van der Waals surface area contributed by atoms with Crippen molar-refractivity contribution >= 4 is 38.6 Å². The summed E-state index contributed by atoms with van der Waals surface area (Å²) >= 11 is 0. The van der Waals surface area contributed by atoms with Gasteiger partial charge >= 0.3 is 0 Å². The quantitative estimate of drug-likeness (QED) is 0.487. The van der Waals surface area contributed by atoms with Gasteiger partial charge in [-0.15, -0.1) is 0 Å². The molecular formula is C31H35N5O4S. The van der Waals surface area contributed by atoms with Crippen LogP contribution in [0.1, 0.15) is 37.7 Å². The SMILES string of the molecule is CS(=O)(=O)N1CCC2(CC1)N=C(c1ccc(-c3ccc4[nH]ccc4c3)cc1)N(C[C@@H]1CCN(C(=O)C3CC3)C1)C2=O. The van der Waals surface area contributed by atoms with Crippen LogP contribution in [0.5, 0.6) is 0 Å². The van der Waals surface area contributed by atoms with Gasteiger partial charge in [0.1, 0.15) is 11.4 Å². The van der Waals surface area contributed by atoms with E-state index in [-0.39, 0.29) is 36.7 Å². The molecule has 3 aromatic rings. The molecule has 7 rings (SSSR count). The number of likely N-dealkylation sites (tertiary alicyclic amines) is 1. The van der Waals surface area contributed by atoms with Crippen molar-refractivity contribution in [2.24, 2.45) is 16.8 Å². The highest BCUT2D eigenvalue weighted by Crippen LogP contribution is 2.38. The number of rotatable bonds is 6. The number of sulfonamides is 1. The molecule has 10 heteroatoms. The topological polar surface area (TPSA) is 106 Å². The Morgan fingerprint density at radius 2 is 1.68 bits per heavy atom. The molecule has 0 unspecified atom stereocenters. The smallest absolute Gasteiger partial charge is 0.256 e. The number of carbonyl (C=O) groups is 2. The second-order valence-electron chi connectivity index (χ2n) is 12.1. The molecule has 1 saturated carbocycles. The third-order valence-corrected chi connectivity index (χ3v) is 10.5. The maximum atomic E-state index is 14.1. The fourth-order valence-corrected chi connectivity index (χ4v) is 7.48. The maximum absolute atomic E-state index is 14.1. The van der Waals surface area contributed by atoms with E-state index in [1.165, 1.54) is 10.6 Å². The molecule has 214 valence electrons. The molecule has 3 aliphatic heterocycles. The lowest BCUT2D eigenvalue weighted by molar-refractivity contribution is -0.132. The highest BCUT2D eigenvalue weighted by atomic mass is 32.2. The lowest BCUT2D eigenvalue weighted by Crippen LogP contribution is -2.51. The summed E-state index contributed by atoms with van der Waals surface area (Å²) in [5.74, 6) is 1.24. The lowest BCUT2D eigenvalue weighted by Gasteiger charge is -2.35. The number of piperidine rings is 1. The van der Waals surface area contributed by atoms with E-state index in [2.05, 4.69) is 41.4 Å². The number of fused-ring (bicyclic) bond motifs is 1. The van der Waals surface area contributed by atoms with E-state index in [1.54, 1.807) is 0 Å². The number of nitrogens with one attached hydrogen (secondary N) is 1. The van der Waals surface area contributed by atoms with Crippen LogP contribution in [0.4, 0.5) is 0 Å². The molecule has 41 heavy (non-hydrogen) atoms. The molecule has 0 bridgehead atoms. The summed E-state index contributed by atoms with van der Waals surface area (Å²) in [5.41, 5.74) is 3.21. The molecule has 1 atom stereocenters. The van der Waals surface area contributed by atoms with Gasteiger partial charge in [0.15, 0.2) is 0 Å². The summed E-state index contributed by atoms with van der Waals surface area (Å²) in [6.45, 7) is 2.48. The van der Waals surface area contributed by atoms with Crippen LogP contribution < -0.4 is 0 Å². The van der Waals surface area contributed by atoms with Gasteiger partial charge in [-0.05, 0) is 72.7 Å². The van der Waals surface area contributed by atoms with Gasteiger partial charge in [0.05, 0.1) is 6.26 Å². The summed E-state index contributed by atoms with van der Waals surface area (Å²) in [5, 5.41) is 1.15. The first-order chi connectivity index (χ1) is 19.7. The molecule has 3 fully saturated rings. The van der Waals surface area contributed by atoms with Gasteiger partial charge in [-0.25, -0.2) is 12.7 Å². The van der Waals surface area contributed by atoms with Gasteiger partial charge in [-0.2, -0.15) is 0 Å². The minimum Gasteiger partial charge on any atom is -0.361 e. The number of amidine groups is 1. The Labute approximate surface area is 240 Å². The van der Waals surface area contributed by atoms with Crippen LogP contribution in [0, 0.1) is 11.8 Å². The van der Waals surface area contributed by atoms with Gasteiger partial charge in [0.25, 0.3) is 5.91 Å². The molecular weight excluding hydrogens is 538 g/mol. The standard InChI is InChI=1S/C31H35N5O4S/c1-41(39,40)35-16-12-31(13-17-35)30(38)36(20-21-11-15-34(19-21)29(37)24-6-7-24)28(33-31)23-4-2-22(3-5-23)25-8-9-27-26(18-25)10-14-32-27/h2-5,8-10,14,18,21,24,32H,6-7,11-13,15-17,19-20H2,1H3/t21-/m1/s1. The van der Waals surface area contributed by atoms with E-state index < -0.39 is 15.6 Å². The predicted molar refractivity (Wildman–Crippen MR) is 158 cm³/mol. The van der Waals surface area contributed by atoms with Crippen LogP contribution in [0.15, 0.2) is 59.7 Å². The van der Waals surface area contributed by atoms with Gasteiger partial charge in [0.2, 0.25) is 15.9 Å². The van der Waals surface area contributed by atoms with E-state index in [0.29, 0.717) is 31.8 Å². The van der Waals surface area contributed by atoms with Crippen LogP contribution >= 0.6 is 0 Å². The van der Waals surface area contributed by atoms with Crippen molar-refractivity contribution in [2.45, 2.75) is 37.6 Å². The fraction of sp³-hybridized carbons (Fsp3) is 0.452. The zero-order valence-electron chi connectivity index (χ0n) is 23.3. The van der Waals surface area contributed by atoms with Crippen molar-refractivity contribution in [3.63, 3.8) is 0 Å². The van der Waals surface area contributed by atoms with Crippen molar-refractivity contribution in [3.8, 4) is 11.1 Å². The van der Waals surface area contributed by atoms with Gasteiger partial charge in [-0.3, -0.25) is 19.5 Å². The third kappa shape index (κ3) is 4.86. The molecule has 1 aromatic heterocycles. The van der Waals surface area contributed by atoms with Crippen LogP contribution in [-0.4, -0.2) is 89.7 Å². The van der Waals surface area contributed by atoms with E-state index in [4.69, 9.17) is 4.99 Å². The van der Waals surface area contributed by atoms with Gasteiger partial charge in [-0.1, -0.05) is 30.3 Å². The average Bonchev–Trinajstić information content (AvgIpc) is 3.43. The van der Waals surface area contributed by atoms with Gasteiger partial charge in [0, 0.05) is 55.9 Å². The van der Waals surface area contributed by atoms with Gasteiger partial charge < -0.3 is 9.88 Å². The summed E-state index contributed by atoms with van der Waals surface area (Å²) in [6.07, 6.45) is 6.72. The number of aromatic nitrogens is 1. The molecule has 0 radical (unpaired) electrons. The molecule has 1 spiro atoms. The Balaban J connectivity index is 1.16. The van der Waals surface area contributed by atoms with Crippen molar-refractivity contribution in [1.82, 2.24) is 19.1 Å². The molecule has 2 aromatic carbocycles. The predicted octanol–water partition coefficient (Wildman–Crippen LogP) is 3.48. The molecule has 4 heterocycles. The summed E-state index contributed by atoms with van der Waals surface area (Å²) in [4.78, 5) is 38.9. The first-order valence-electron chi connectivity index (χ1n) is 14.5. The molecule has 2 saturated heterocycles. The van der Waals surface area contributed by atoms with Crippen molar-refractivity contribution < 1.29 is 18.0 Å². The minimum atomic E-state index is -3.32. The van der Waals surface area contributed by atoms with Crippen LogP contribution in [0.2, 0.25) is 0 Å². The lowest BCUT2D eigenvalue weighted by atomic mass is 9.88. The number of nitrogens with zero attached hydrogens (tertiary/aromatic N) is 4. The summed E-state index contributed by atoms with van der Waals surface area (Å²) in [7, 11) is -3.32. The molecule has 1 N–H and O–H groups in total. The largest absolute Gasteiger partial charge is 0.361 e. The highest BCUT2D eigenvalue weighted by Gasteiger charge is 2.51. The third-order valence-electron chi connectivity index (χ3n) is 9.23. The Morgan fingerprint density at radius 3 is 2.39 bits per heavy atom. The van der Waals surface area contributed by atoms with Crippen molar-refractivity contribution in [2.75, 3.05) is 39.0 Å². The fourth-order valence-electron chi connectivity index (χ4n) is 6.63. The first kappa shape index (κ1) is 26.4. The number of aromatic amines is 1. The van der Waals surface area contributed by atoms with Crippen molar-refractivity contribution in [1.29, 1.82) is 0 Å². The molecule has 2 amide bonds. The van der Waals surface area contributed by atoms with E-state index in [9.17, 15) is 18.0 Å². The summed E-state index contributed by atoms with van der Waals surface area (Å²) in [6, 6.07) is 16.6. The number of benzene rings is 2. The Morgan fingerprint density at radius 1 is 0.976 bits per heavy atom. The Hall–Kier alpha value is -3.50. The zero-order valence-corrected chi connectivity index (χ0v) is 24.1. The van der Waals surface area contributed by atoms with E-state index in [1.807, 2.05) is 28.1 Å². The van der Waals surface area contributed by atoms with E-state index in [0.717, 1.165) is 53.4 Å². The number of amides is 2. The summed E-state index contributed by atoms with van der Waals surface area (Å²) < 4.78 is 25.8. The second kappa shape index (κ2) is 9.80. The monoisotopic (exact) mass is 573 g/mol. The van der Waals surface area contributed by atoms with Crippen molar-refractivity contribution in [3.05, 3.63) is 60.3 Å². The number of hydrogen-bond acceptors (Lipinski definition) is 5. The molecule has 1 aliphatic carbocycles. The van der Waals surface area contributed by atoms with Crippen LogP contribution in [0.3, 0.4) is 0 Å². The second-order valence-corrected chi connectivity index (χ2v) is 14.1. The van der Waals surface area contributed by atoms with Crippen LogP contribution in [-0.2, 0) is 19.6 Å². The Kier molecular flexibility index (Phi) is 6.31. The maximum Gasteiger partial charge on any atom is 0.256 e. The highest BCUT2D eigenvalue weighted by molar-refractivity contribution is 7.88. The normalized spacial score (nSPS) is 23.1. The Bertz CT molecular complexity index is 1650. The average molecular weight is 574 g/mol. The molecule has 9 nitrogen and oxygen atoms in total. The zero-order chi connectivity index (χ0) is 28.4. The first-order valence-corrected chi connectivity index (χ1v) is 16.4. The number of aliphatic imine (C=N–C) groups is 1. The molecule has 4 aliphatic rings. The van der Waals surface area contributed by atoms with E-state index >= 15 is 0 Å². The number of carbonyl (C=O) groups excluding carboxylic acids is 2. The number of H-pyrrole nitrogens is 1. The minimum absolute atomic E-state index is 0.0467. The van der Waals surface area contributed by atoms with Crippen LogP contribution in [0.25, 0.3) is 22.0 Å².